The first kappa shape index (κ1) is 44.1. The maximum absolute atomic E-state index is 14.7. The molecule has 1 N–H and O–H groups in total. The minimum absolute atomic E-state index is 0.00681. The number of ether oxygens (including phenoxy) is 2. The van der Waals surface area contributed by atoms with Crippen LogP contribution in [-0.4, -0.2) is 50.4 Å². The van der Waals surface area contributed by atoms with Crippen LogP contribution < -0.4 is 19.8 Å². The van der Waals surface area contributed by atoms with Crippen LogP contribution in [0.3, 0.4) is 0 Å². The Morgan fingerprint density at radius 1 is 0.871 bits per heavy atom. The average molecular weight is 871 g/mol. The minimum Gasteiger partial charge on any atom is -0.483 e. The Morgan fingerprint density at radius 3 is 2.31 bits per heavy atom. The molecule has 62 heavy (non-hydrogen) atoms. The van der Waals surface area contributed by atoms with Gasteiger partial charge in [0.1, 0.15) is 17.2 Å². The molecule has 7 rings (SSSR count). The van der Waals surface area contributed by atoms with E-state index in [1.54, 1.807) is 41.1 Å². The number of anilines is 2. The smallest absolute Gasteiger partial charge is 0.294 e. The third-order valence-electron chi connectivity index (χ3n) is 11.6. The summed E-state index contributed by atoms with van der Waals surface area (Å²) >= 11 is 8.24. The number of nitrogens with zero attached hydrogens (tertiary/aromatic N) is 6. The van der Waals surface area contributed by atoms with Gasteiger partial charge in [-0.3, -0.25) is 9.59 Å². The molecule has 320 valence electrons. The number of hydrogen-bond acceptors (Lipinski definition) is 9. The first-order valence-corrected chi connectivity index (χ1v) is 22.1. The normalized spacial score (nSPS) is 14.7. The van der Waals surface area contributed by atoms with Gasteiger partial charge in [0.2, 0.25) is 11.3 Å². The van der Waals surface area contributed by atoms with Crippen molar-refractivity contribution in [2.24, 2.45) is 5.10 Å². The van der Waals surface area contributed by atoms with Crippen molar-refractivity contribution in [2.45, 2.75) is 95.6 Å². The van der Waals surface area contributed by atoms with E-state index < -0.39 is 12.0 Å². The van der Waals surface area contributed by atoms with Crippen molar-refractivity contribution in [2.75, 3.05) is 16.9 Å². The van der Waals surface area contributed by atoms with Crippen molar-refractivity contribution < 1.29 is 19.1 Å². The number of hydrazone groups is 1. The Labute approximate surface area is 372 Å². The van der Waals surface area contributed by atoms with Crippen LogP contribution in [-0.2, 0) is 20.4 Å². The molecule has 1 aliphatic heterocycles. The molecule has 2 unspecified atom stereocenters. The summed E-state index contributed by atoms with van der Waals surface area (Å²) in [5.41, 5.74) is 6.39. The highest BCUT2D eigenvalue weighted by Crippen LogP contribution is 2.42. The van der Waals surface area contributed by atoms with Gasteiger partial charge in [0, 0.05) is 27.0 Å². The third-order valence-corrected chi connectivity index (χ3v) is 13.0. The van der Waals surface area contributed by atoms with Crippen molar-refractivity contribution in [1.82, 2.24) is 20.2 Å². The highest BCUT2D eigenvalue weighted by atomic mass is 35.5. The van der Waals surface area contributed by atoms with Gasteiger partial charge in [-0.25, -0.2) is 0 Å². The van der Waals surface area contributed by atoms with Crippen molar-refractivity contribution in [1.29, 1.82) is 0 Å². The van der Waals surface area contributed by atoms with Crippen LogP contribution in [0.1, 0.15) is 94.4 Å². The van der Waals surface area contributed by atoms with E-state index in [1.807, 2.05) is 80.6 Å². The lowest BCUT2D eigenvalue weighted by atomic mass is 9.76. The van der Waals surface area contributed by atoms with Crippen molar-refractivity contribution in [3.8, 4) is 17.2 Å². The Balaban J connectivity index is 1.15. The lowest BCUT2D eigenvalue weighted by molar-refractivity contribution is -0.122. The molecule has 11 nitrogen and oxygen atoms in total. The summed E-state index contributed by atoms with van der Waals surface area (Å²) < 4.78 is 14.7. The standard InChI is InChI=1S/C49H52ClN7O4S/c1-9-48(5,6)33-25-27-42(37(29-33)49(7,8)10-2)60-30-43(58)51-39-22-16-17-23-40(39)57-46(59)45(44(53-57)35-20-14-15-21-38(35)50)61-41-26-24-31(3)28-36(41)32(4)62-47-52-54-55-56(47)34-18-12-11-13-19-34/h11-29,32,45H,9-10,30H2,1-8H3,(H,51,58). The maximum Gasteiger partial charge on any atom is 0.294 e. The number of aryl methyl sites for hydroxylation is 1. The molecule has 1 aromatic heterocycles. The van der Waals surface area contributed by atoms with Crippen LogP contribution in [0.5, 0.6) is 11.5 Å². The number of thioether (sulfide) groups is 1. The van der Waals surface area contributed by atoms with E-state index >= 15 is 0 Å². The number of rotatable bonds is 16. The van der Waals surface area contributed by atoms with Gasteiger partial charge in [0.05, 0.1) is 17.1 Å². The zero-order chi connectivity index (χ0) is 44.2. The molecule has 0 radical (unpaired) electrons. The summed E-state index contributed by atoms with van der Waals surface area (Å²) in [5, 5.41) is 22.4. The second-order valence-corrected chi connectivity index (χ2v) is 18.4. The van der Waals surface area contributed by atoms with Gasteiger partial charge in [-0.2, -0.15) is 14.8 Å². The SMILES string of the molecule is CCC(C)(C)c1ccc(OCC(=O)Nc2ccccc2N2N=C(c3ccccc3Cl)C(Oc3ccc(C)cc3C(C)Sc3nnnn3-c3ccccc3)C2=O)c(C(C)(C)CC)c1. The van der Waals surface area contributed by atoms with Crippen LogP contribution in [0.4, 0.5) is 11.4 Å². The molecule has 0 aliphatic carbocycles. The highest BCUT2D eigenvalue weighted by Gasteiger charge is 2.42. The Hall–Kier alpha value is -5.98. The number of nitrogens with one attached hydrogen (secondary N) is 1. The van der Waals surface area contributed by atoms with Gasteiger partial charge >= 0.3 is 0 Å². The second-order valence-electron chi connectivity index (χ2n) is 16.7. The molecule has 6 aromatic rings. The van der Waals surface area contributed by atoms with Crippen LogP contribution in [0, 0.1) is 6.92 Å². The van der Waals surface area contributed by atoms with Crippen molar-refractivity contribution in [3.63, 3.8) is 0 Å². The van der Waals surface area contributed by atoms with E-state index in [4.69, 9.17) is 26.2 Å². The van der Waals surface area contributed by atoms with Crippen molar-refractivity contribution >= 4 is 52.3 Å². The lowest BCUT2D eigenvalue weighted by Crippen LogP contribution is -2.37. The van der Waals surface area contributed by atoms with Crippen LogP contribution in [0.2, 0.25) is 5.02 Å². The summed E-state index contributed by atoms with van der Waals surface area (Å²) in [6.07, 6.45) is 0.697. The van der Waals surface area contributed by atoms with E-state index in [9.17, 15) is 9.59 Å². The molecule has 0 saturated carbocycles. The van der Waals surface area contributed by atoms with Crippen LogP contribution in [0.15, 0.2) is 126 Å². The van der Waals surface area contributed by atoms with E-state index in [1.165, 1.54) is 22.3 Å². The number of carbonyl (C=O) groups is 2. The number of amides is 2. The first-order chi connectivity index (χ1) is 29.7. The molecule has 13 heteroatoms. The van der Waals surface area contributed by atoms with E-state index in [0.29, 0.717) is 44.3 Å². The molecule has 0 fully saturated rings. The molecule has 2 amide bonds. The summed E-state index contributed by atoms with van der Waals surface area (Å²) in [7, 11) is 0. The number of benzene rings is 5. The number of aromatic nitrogens is 4. The topological polar surface area (TPSA) is 124 Å². The number of hydrogen-bond donors (Lipinski definition) is 1. The highest BCUT2D eigenvalue weighted by molar-refractivity contribution is 7.99. The van der Waals surface area contributed by atoms with Gasteiger partial charge in [-0.1, -0.05) is 143 Å². The van der Waals surface area contributed by atoms with E-state index in [2.05, 4.69) is 74.5 Å². The third kappa shape index (κ3) is 9.41. The zero-order valence-electron chi connectivity index (χ0n) is 36.3. The van der Waals surface area contributed by atoms with Gasteiger partial charge in [0.25, 0.3) is 11.8 Å². The minimum atomic E-state index is -1.18. The Bertz CT molecular complexity index is 2610. The molecule has 2 heterocycles. The maximum atomic E-state index is 14.7. The molecule has 5 aromatic carbocycles. The molecule has 0 bridgehead atoms. The largest absolute Gasteiger partial charge is 0.483 e. The summed E-state index contributed by atoms with van der Waals surface area (Å²) in [6, 6.07) is 36.0. The lowest BCUT2D eigenvalue weighted by Gasteiger charge is -2.30. The molecular formula is C49H52ClN7O4S. The molecular weight excluding hydrogens is 818 g/mol. The molecule has 0 spiro atoms. The van der Waals surface area contributed by atoms with Gasteiger partial charge in [0.15, 0.2) is 6.61 Å². The van der Waals surface area contributed by atoms with Crippen LogP contribution >= 0.6 is 23.4 Å². The second kappa shape index (κ2) is 18.6. The fraction of sp³-hybridized carbons (Fsp3) is 0.306. The fourth-order valence-corrected chi connectivity index (χ4v) is 8.28. The Morgan fingerprint density at radius 2 is 1.56 bits per heavy atom. The summed E-state index contributed by atoms with van der Waals surface area (Å²) in [5.74, 6) is 0.307. The predicted molar refractivity (Wildman–Crippen MR) is 248 cm³/mol. The average Bonchev–Trinajstić information content (AvgIpc) is 3.87. The van der Waals surface area contributed by atoms with Crippen LogP contribution in [0.25, 0.3) is 5.69 Å². The number of tetrazole rings is 1. The number of para-hydroxylation sites is 3. The quantitative estimate of drug-likeness (QED) is 0.0954. The number of halogens is 1. The monoisotopic (exact) mass is 869 g/mol. The van der Waals surface area contributed by atoms with E-state index in [-0.39, 0.29) is 28.6 Å². The summed E-state index contributed by atoms with van der Waals surface area (Å²) in [6.45, 7) is 17.0. The first-order valence-electron chi connectivity index (χ1n) is 20.8. The Kier molecular flexibility index (Phi) is 13.2. The molecule has 2 atom stereocenters. The molecule has 1 aliphatic rings. The van der Waals surface area contributed by atoms with Crippen molar-refractivity contribution in [3.05, 3.63) is 148 Å². The van der Waals surface area contributed by atoms with Gasteiger partial charge in [-0.15, -0.1) is 5.10 Å². The van der Waals surface area contributed by atoms with Gasteiger partial charge in [-0.05, 0) is 96.0 Å². The number of carbonyl (C=O) groups excluding carboxylic acids is 2. The summed E-state index contributed by atoms with van der Waals surface area (Å²) in [4.78, 5) is 28.4. The fourth-order valence-electron chi connectivity index (χ4n) is 7.10. The molecule has 0 saturated heterocycles. The predicted octanol–water partition coefficient (Wildman–Crippen LogP) is 11.1. The van der Waals surface area contributed by atoms with Gasteiger partial charge < -0.3 is 14.8 Å². The van der Waals surface area contributed by atoms with E-state index in [0.717, 1.165) is 35.2 Å². The zero-order valence-corrected chi connectivity index (χ0v) is 37.9.